The van der Waals surface area contributed by atoms with E-state index in [-0.39, 0.29) is 11.4 Å². The Balaban J connectivity index is 1.82. The molecular weight excluding hydrogens is 236 g/mol. The van der Waals surface area contributed by atoms with E-state index in [9.17, 15) is 4.79 Å². The fourth-order valence-electron chi connectivity index (χ4n) is 3.29. The fraction of sp³-hybridized carbons (Fsp3) is 0.438. The Morgan fingerprint density at radius 3 is 2.68 bits per heavy atom. The largest absolute Gasteiger partial charge is 0.379 e. The van der Waals surface area contributed by atoms with Crippen molar-refractivity contribution < 1.29 is 4.79 Å². The van der Waals surface area contributed by atoms with Gasteiger partial charge in [0.1, 0.15) is 0 Å². The lowest BCUT2D eigenvalue weighted by atomic mass is 9.77. The average Bonchev–Trinajstić information content (AvgIpc) is 2.39. The Bertz CT molecular complexity index is 527. The summed E-state index contributed by atoms with van der Waals surface area (Å²) in [4.78, 5) is 13.4. The van der Waals surface area contributed by atoms with Gasteiger partial charge < -0.3 is 10.2 Å². The van der Waals surface area contributed by atoms with Gasteiger partial charge in [-0.25, -0.2) is 0 Å². The van der Waals surface area contributed by atoms with E-state index in [0.717, 1.165) is 32.4 Å². The van der Waals surface area contributed by atoms with Crippen LogP contribution in [-0.4, -0.2) is 29.4 Å². The van der Waals surface area contributed by atoms with E-state index in [1.807, 2.05) is 4.90 Å². The molecule has 0 radical (unpaired) electrons. The van der Waals surface area contributed by atoms with Crippen LogP contribution in [0.4, 0.5) is 5.69 Å². The highest BCUT2D eigenvalue weighted by molar-refractivity contribution is 5.79. The van der Waals surface area contributed by atoms with E-state index >= 15 is 0 Å². The maximum atomic E-state index is 11.4. The molecule has 1 spiro atoms. The molecule has 0 aliphatic carbocycles. The molecular formula is C16H20N2O. The first kappa shape index (κ1) is 12.3. The number of para-hydroxylation sites is 1. The highest BCUT2D eigenvalue weighted by Gasteiger charge is 2.38. The van der Waals surface area contributed by atoms with Crippen molar-refractivity contribution in [1.82, 2.24) is 4.90 Å². The minimum atomic E-state index is 0.0946. The molecule has 0 saturated carbocycles. The minimum Gasteiger partial charge on any atom is -0.379 e. The number of benzene rings is 1. The van der Waals surface area contributed by atoms with Gasteiger partial charge in [-0.15, -0.1) is 0 Å². The van der Waals surface area contributed by atoms with E-state index in [2.05, 4.69) is 36.2 Å². The van der Waals surface area contributed by atoms with E-state index < -0.39 is 0 Å². The van der Waals surface area contributed by atoms with Gasteiger partial charge in [-0.2, -0.15) is 0 Å². The quantitative estimate of drug-likeness (QED) is 0.774. The first-order valence-corrected chi connectivity index (χ1v) is 6.91. The highest BCUT2D eigenvalue weighted by Crippen LogP contribution is 2.42. The number of amides is 1. The van der Waals surface area contributed by atoms with Crippen LogP contribution < -0.4 is 5.32 Å². The number of nitrogens with one attached hydrogen (secondary N) is 1. The van der Waals surface area contributed by atoms with Gasteiger partial charge in [0.05, 0.1) is 0 Å². The first-order valence-electron chi connectivity index (χ1n) is 6.91. The topological polar surface area (TPSA) is 32.3 Å². The minimum absolute atomic E-state index is 0.0946. The number of fused-ring (bicyclic) bond motifs is 1. The van der Waals surface area contributed by atoms with Crippen LogP contribution in [0.1, 0.15) is 31.7 Å². The number of hydrogen-bond donors (Lipinski definition) is 1. The zero-order chi connectivity index (χ0) is 13.5. The van der Waals surface area contributed by atoms with Crippen molar-refractivity contribution >= 4 is 17.2 Å². The number of carbonyl (C=O) groups is 1. The molecule has 0 bridgehead atoms. The summed E-state index contributed by atoms with van der Waals surface area (Å²) in [6, 6.07) is 8.37. The van der Waals surface area contributed by atoms with Gasteiger partial charge in [-0.3, -0.25) is 4.79 Å². The summed E-state index contributed by atoms with van der Waals surface area (Å²) in [5.74, 6) is 0.185. The van der Waals surface area contributed by atoms with Crippen molar-refractivity contribution in [2.45, 2.75) is 31.7 Å². The summed E-state index contributed by atoms with van der Waals surface area (Å²) < 4.78 is 0. The Morgan fingerprint density at radius 1 is 1.32 bits per heavy atom. The second-order valence-electron chi connectivity index (χ2n) is 5.74. The molecule has 100 valence electrons. The molecule has 0 unspecified atom stereocenters. The Labute approximate surface area is 114 Å². The lowest BCUT2D eigenvalue weighted by Gasteiger charge is -2.46. The second kappa shape index (κ2) is 4.41. The molecule has 19 heavy (non-hydrogen) atoms. The van der Waals surface area contributed by atoms with Crippen LogP contribution in [-0.2, 0) is 4.79 Å². The number of piperidine rings is 1. The van der Waals surface area contributed by atoms with Crippen LogP contribution in [0, 0.1) is 0 Å². The maximum absolute atomic E-state index is 11.4. The zero-order valence-corrected chi connectivity index (χ0v) is 11.4. The van der Waals surface area contributed by atoms with E-state index in [4.69, 9.17) is 0 Å². The summed E-state index contributed by atoms with van der Waals surface area (Å²) in [7, 11) is 0. The molecule has 2 aliphatic rings. The number of anilines is 1. The van der Waals surface area contributed by atoms with Gasteiger partial charge in [0.15, 0.2) is 0 Å². The predicted octanol–water partition coefficient (Wildman–Crippen LogP) is 2.90. The standard InChI is InChI=1S/C16H20N2O/c1-12-11-16(7-9-18(10-8-16)13(2)19)17-15-6-4-3-5-14(12)15/h3-6,17H,1,7-11H2,2H3. The second-order valence-corrected chi connectivity index (χ2v) is 5.74. The smallest absolute Gasteiger partial charge is 0.219 e. The van der Waals surface area contributed by atoms with Gasteiger partial charge in [0.2, 0.25) is 5.91 Å². The van der Waals surface area contributed by atoms with Crippen LogP contribution in [0.25, 0.3) is 5.57 Å². The highest BCUT2D eigenvalue weighted by atomic mass is 16.2. The Kier molecular flexibility index (Phi) is 2.85. The van der Waals surface area contributed by atoms with Crippen molar-refractivity contribution in [2.24, 2.45) is 0 Å². The molecule has 1 fully saturated rings. The molecule has 1 aromatic rings. The predicted molar refractivity (Wildman–Crippen MR) is 77.9 cm³/mol. The van der Waals surface area contributed by atoms with Gasteiger partial charge in [-0.1, -0.05) is 24.8 Å². The summed E-state index contributed by atoms with van der Waals surface area (Å²) in [6.07, 6.45) is 2.98. The van der Waals surface area contributed by atoms with Crippen LogP contribution in [0.5, 0.6) is 0 Å². The molecule has 3 heteroatoms. The van der Waals surface area contributed by atoms with Crippen molar-refractivity contribution in [1.29, 1.82) is 0 Å². The number of hydrogen-bond acceptors (Lipinski definition) is 2. The van der Waals surface area contributed by atoms with Gasteiger partial charge in [-0.05, 0) is 30.9 Å². The molecule has 1 N–H and O–H groups in total. The Morgan fingerprint density at radius 2 is 2.00 bits per heavy atom. The normalized spacial score (nSPS) is 20.9. The first-order chi connectivity index (χ1) is 9.10. The van der Waals surface area contributed by atoms with Crippen molar-refractivity contribution in [3.8, 4) is 0 Å². The van der Waals surface area contributed by atoms with Gasteiger partial charge in [0.25, 0.3) is 0 Å². The number of nitrogens with zero attached hydrogens (tertiary/aromatic N) is 1. The lowest BCUT2D eigenvalue weighted by Crippen LogP contribution is -2.51. The number of carbonyl (C=O) groups excluding carboxylic acids is 1. The van der Waals surface area contributed by atoms with E-state index in [1.54, 1.807) is 6.92 Å². The number of likely N-dealkylation sites (tertiary alicyclic amines) is 1. The van der Waals surface area contributed by atoms with Crippen LogP contribution in [0.3, 0.4) is 0 Å². The third kappa shape index (κ3) is 2.14. The number of rotatable bonds is 0. The molecule has 1 amide bonds. The average molecular weight is 256 g/mol. The summed E-state index contributed by atoms with van der Waals surface area (Å²) in [6.45, 7) is 7.58. The van der Waals surface area contributed by atoms with Crippen molar-refractivity contribution in [3.63, 3.8) is 0 Å². The SMILES string of the molecule is C=C1CC2(CCN(C(C)=O)CC2)Nc2ccccc21. The molecule has 2 aliphatic heterocycles. The molecule has 3 nitrogen and oxygen atoms in total. The molecule has 1 aromatic carbocycles. The van der Waals surface area contributed by atoms with Gasteiger partial charge in [0, 0.05) is 36.8 Å². The fourth-order valence-corrected chi connectivity index (χ4v) is 3.29. The third-order valence-corrected chi connectivity index (χ3v) is 4.43. The lowest BCUT2D eigenvalue weighted by molar-refractivity contribution is -0.130. The van der Waals surface area contributed by atoms with E-state index in [0.29, 0.717) is 0 Å². The summed E-state index contributed by atoms with van der Waals surface area (Å²) in [5.41, 5.74) is 3.74. The van der Waals surface area contributed by atoms with Crippen LogP contribution in [0.15, 0.2) is 30.8 Å². The zero-order valence-electron chi connectivity index (χ0n) is 11.4. The van der Waals surface area contributed by atoms with Crippen LogP contribution >= 0.6 is 0 Å². The summed E-state index contributed by atoms with van der Waals surface area (Å²) in [5, 5.41) is 3.70. The molecule has 2 heterocycles. The molecule has 0 aromatic heterocycles. The van der Waals surface area contributed by atoms with Gasteiger partial charge >= 0.3 is 0 Å². The molecule has 1 saturated heterocycles. The Hall–Kier alpha value is -1.77. The molecule has 3 rings (SSSR count). The van der Waals surface area contributed by atoms with Crippen LogP contribution in [0.2, 0.25) is 0 Å². The third-order valence-electron chi connectivity index (χ3n) is 4.43. The van der Waals surface area contributed by atoms with E-state index in [1.165, 1.54) is 16.8 Å². The molecule has 0 atom stereocenters. The monoisotopic (exact) mass is 256 g/mol. The van der Waals surface area contributed by atoms with Crippen molar-refractivity contribution in [3.05, 3.63) is 36.4 Å². The summed E-state index contributed by atoms with van der Waals surface area (Å²) >= 11 is 0. The maximum Gasteiger partial charge on any atom is 0.219 e. The van der Waals surface area contributed by atoms with Crippen molar-refractivity contribution in [2.75, 3.05) is 18.4 Å².